The Kier molecular flexibility index (Phi) is 7.86. The second-order valence-corrected chi connectivity index (χ2v) is 12.7. The minimum absolute atomic E-state index is 0.202. The van der Waals surface area contributed by atoms with Crippen LogP contribution in [-0.4, -0.2) is 57.4 Å². The highest BCUT2D eigenvalue weighted by atomic mass is 32.2. The van der Waals surface area contributed by atoms with Gasteiger partial charge in [0.15, 0.2) is 12.7 Å². The van der Waals surface area contributed by atoms with Crippen molar-refractivity contribution in [2.24, 2.45) is 0 Å². The summed E-state index contributed by atoms with van der Waals surface area (Å²) in [4.78, 5) is 3.46. The van der Waals surface area contributed by atoms with Crippen molar-refractivity contribution >= 4 is 44.5 Å². The van der Waals surface area contributed by atoms with Crippen LogP contribution < -0.4 is 9.47 Å². The molecule has 1 aliphatic heterocycles. The lowest BCUT2D eigenvalue weighted by Gasteiger charge is -2.23. The minimum atomic E-state index is -3.93. The molecule has 3 aromatic rings. The minimum Gasteiger partial charge on any atom is -0.335 e. The third kappa shape index (κ3) is 6.85. The lowest BCUT2D eigenvalue weighted by atomic mass is 10.1. The lowest BCUT2D eigenvalue weighted by Crippen LogP contribution is -2.40. The van der Waals surface area contributed by atoms with Gasteiger partial charge in [0.1, 0.15) is 0 Å². The van der Waals surface area contributed by atoms with Crippen molar-refractivity contribution < 1.29 is 22.0 Å². The standard InChI is InChI=1S/C27H34N3O3S2/c1-30(2,3)19-10-16-28-18-15-22(23-11-4-5-12-24(23)28)21-27-29(17-8-9-20-35(31,32)33)25-13-6-7-14-26(25)34-27/h4-7,11-15,18,21H,8-10,16-17,19-20H2,1-3H3/q+1/p+1. The van der Waals surface area contributed by atoms with Crippen LogP contribution in [0.25, 0.3) is 17.0 Å². The molecule has 6 nitrogen and oxygen atoms in total. The van der Waals surface area contributed by atoms with E-state index < -0.39 is 10.1 Å². The van der Waals surface area contributed by atoms with E-state index in [1.807, 2.05) is 12.1 Å². The maximum absolute atomic E-state index is 11.1. The number of nitrogens with zero attached hydrogens (tertiary/aromatic N) is 3. The highest BCUT2D eigenvalue weighted by Crippen LogP contribution is 2.46. The number of quaternary nitrogens is 1. The average molecular weight is 514 g/mol. The molecule has 186 valence electrons. The first-order chi connectivity index (χ1) is 16.6. The van der Waals surface area contributed by atoms with Crippen molar-refractivity contribution in [1.29, 1.82) is 0 Å². The van der Waals surface area contributed by atoms with E-state index in [1.165, 1.54) is 21.4 Å². The largest absolute Gasteiger partial charge is 0.335 e. The number of aryl methyl sites for hydroxylation is 1. The van der Waals surface area contributed by atoms with Crippen LogP contribution >= 0.6 is 11.8 Å². The zero-order chi connectivity index (χ0) is 25.1. The third-order valence-electron chi connectivity index (χ3n) is 6.14. The molecule has 2 aromatic carbocycles. The predicted octanol–water partition coefficient (Wildman–Crippen LogP) is 4.80. The topological polar surface area (TPSA) is 61.5 Å². The lowest BCUT2D eigenvalue weighted by molar-refractivity contribution is -0.873. The molecule has 0 bridgehead atoms. The van der Waals surface area contributed by atoms with Crippen LogP contribution in [0.5, 0.6) is 0 Å². The number of anilines is 1. The Balaban J connectivity index is 1.61. The molecule has 0 amide bonds. The molecular weight excluding hydrogens is 478 g/mol. The molecule has 0 radical (unpaired) electrons. The van der Waals surface area contributed by atoms with Crippen molar-refractivity contribution in [2.75, 3.05) is 44.9 Å². The number of aromatic nitrogens is 1. The van der Waals surface area contributed by atoms with E-state index in [4.69, 9.17) is 4.55 Å². The Hall–Kier alpha value is -2.39. The van der Waals surface area contributed by atoms with Gasteiger partial charge in [0.05, 0.1) is 56.0 Å². The fraction of sp³-hybridized carbons (Fsp3) is 0.370. The van der Waals surface area contributed by atoms with E-state index in [-0.39, 0.29) is 5.75 Å². The zero-order valence-corrected chi connectivity index (χ0v) is 22.4. The molecule has 2 heterocycles. The van der Waals surface area contributed by atoms with E-state index in [0.717, 1.165) is 34.7 Å². The van der Waals surface area contributed by atoms with Gasteiger partial charge < -0.3 is 9.38 Å². The number of benzene rings is 2. The van der Waals surface area contributed by atoms with Gasteiger partial charge in [0.2, 0.25) is 5.52 Å². The van der Waals surface area contributed by atoms with Crippen LogP contribution in [0.1, 0.15) is 24.8 Å². The van der Waals surface area contributed by atoms with E-state index in [1.54, 1.807) is 11.8 Å². The number of unbranched alkanes of at least 4 members (excludes halogenated alkanes) is 1. The average Bonchev–Trinajstić information content (AvgIpc) is 3.13. The van der Waals surface area contributed by atoms with E-state index in [2.05, 4.69) is 85.3 Å². The predicted molar refractivity (Wildman–Crippen MR) is 145 cm³/mol. The molecule has 1 aliphatic rings. The Morgan fingerprint density at radius 3 is 2.51 bits per heavy atom. The smallest absolute Gasteiger partial charge is 0.264 e. The molecular formula is C27H35N3O3S2+2. The number of pyridine rings is 1. The molecule has 35 heavy (non-hydrogen) atoms. The summed E-state index contributed by atoms with van der Waals surface area (Å²) in [6.07, 6.45) is 6.64. The molecule has 8 heteroatoms. The summed E-state index contributed by atoms with van der Waals surface area (Å²) in [6.45, 7) is 2.79. The fourth-order valence-corrected chi connectivity index (χ4v) is 6.13. The van der Waals surface area contributed by atoms with Gasteiger partial charge in [0.25, 0.3) is 10.1 Å². The van der Waals surface area contributed by atoms with Gasteiger partial charge in [-0.25, -0.2) is 0 Å². The second kappa shape index (κ2) is 10.7. The maximum Gasteiger partial charge on any atom is 0.264 e. The summed E-state index contributed by atoms with van der Waals surface area (Å²) in [7, 11) is 2.75. The van der Waals surface area contributed by atoms with E-state index in [0.29, 0.717) is 19.4 Å². The van der Waals surface area contributed by atoms with Gasteiger partial charge in [-0.3, -0.25) is 4.55 Å². The summed E-state index contributed by atoms with van der Waals surface area (Å²) < 4.78 is 34.6. The summed E-state index contributed by atoms with van der Waals surface area (Å²) >= 11 is 1.74. The van der Waals surface area contributed by atoms with Crippen molar-refractivity contribution in [1.82, 2.24) is 0 Å². The molecule has 0 unspecified atom stereocenters. The van der Waals surface area contributed by atoms with E-state index in [9.17, 15) is 8.42 Å². The van der Waals surface area contributed by atoms with Crippen LogP contribution in [-0.2, 0) is 16.7 Å². The van der Waals surface area contributed by atoms with Gasteiger partial charge in [-0.15, -0.1) is 0 Å². The summed E-state index contributed by atoms with van der Waals surface area (Å²) in [5.74, 6) is -0.202. The second-order valence-electron chi connectivity index (χ2n) is 10.0. The zero-order valence-electron chi connectivity index (χ0n) is 20.7. The number of rotatable bonds is 10. The van der Waals surface area contributed by atoms with Crippen molar-refractivity contribution in [3.63, 3.8) is 0 Å². The highest BCUT2D eigenvalue weighted by molar-refractivity contribution is 8.03. The third-order valence-corrected chi connectivity index (χ3v) is 8.05. The van der Waals surface area contributed by atoms with Gasteiger partial charge in [-0.05, 0) is 42.7 Å². The molecule has 0 aliphatic carbocycles. The Morgan fingerprint density at radius 1 is 1.00 bits per heavy atom. The Bertz CT molecular complexity index is 1330. The number of thioether (sulfide) groups is 1. The molecule has 1 aromatic heterocycles. The summed E-state index contributed by atoms with van der Waals surface area (Å²) in [5, 5.41) is 2.35. The first kappa shape index (κ1) is 25.7. The first-order valence-corrected chi connectivity index (χ1v) is 14.5. The number of para-hydroxylation sites is 2. The fourth-order valence-electron chi connectivity index (χ4n) is 4.42. The Morgan fingerprint density at radius 2 is 1.74 bits per heavy atom. The maximum atomic E-state index is 11.1. The summed E-state index contributed by atoms with van der Waals surface area (Å²) in [5.41, 5.74) is 3.54. The number of fused-ring (bicyclic) bond motifs is 2. The molecule has 0 saturated carbocycles. The van der Waals surface area contributed by atoms with Gasteiger partial charge in [-0.2, -0.15) is 13.0 Å². The van der Waals surface area contributed by atoms with Crippen molar-refractivity contribution in [3.8, 4) is 0 Å². The van der Waals surface area contributed by atoms with Crippen LogP contribution in [0.2, 0.25) is 0 Å². The van der Waals surface area contributed by atoms with Crippen LogP contribution in [0.4, 0.5) is 5.69 Å². The van der Waals surface area contributed by atoms with Gasteiger partial charge >= 0.3 is 0 Å². The Labute approximate surface area is 213 Å². The number of hydrogen-bond donors (Lipinski definition) is 1. The van der Waals surface area contributed by atoms with Crippen LogP contribution in [0.15, 0.2) is 70.7 Å². The normalized spacial score (nSPS) is 15.2. The monoisotopic (exact) mass is 513 g/mol. The highest BCUT2D eigenvalue weighted by Gasteiger charge is 2.25. The number of hydrogen-bond acceptors (Lipinski definition) is 4. The van der Waals surface area contributed by atoms with Crippen LogP contribution in [0.3, 0.4) is 0 Å². The molecule has 4 rings (SSSR count). The molecule has 1 N–H and O–H groups in total. The molecule has 0 atom stereocenters. The van der Waals surface area contributed by atoms with Gasteiger partial charge in [0, 0.05) is 23.6 Å². The van der Waals surface area contributed by atoms with Gasteiger partial charge in [-0.1, -0.05) is 36.0 Å². The first-order valence-electron chi connectivity index (χ1n) is 12.0. The summed E-state index contributed by atoms with van der Waals surface area (Å²) in [6, 6.07) is 19.1. The molecule has 0 spiro atoms. The SMILES string of the molecule is C[N+](C)(C)CCC[n+]1ccc(/C=C2\Sc3ccccc3N2CCCCS(=O)(=O)O)c2ccccc21. The quantitative estimate of drug-likeness (QED) is 0.183. The molecule has 0 saturated heterocycles. The molecule has 0 fully saturated rings. The van der Waals surface area contributed by atoms with E-state index >= 15 is 0 Å². The van der Waals surface area contributed by atoms with Crippen molar-refractivity contribution in [3.05, 3.63) is 71.4 Å². The van der Waals surface area contributed by atoms with Crippen molar-refractivity contribution in [2.45, 2.75) is 30.7 Å². The van der Waals surface area contributed by atoms with Crippen LogP contribution in [0, 0.1) is 0 Å².